The quantitative estimate of drug-likeness (QED) is 0.895. The molecule has 4 nitrogen and oxygen atoms in total. The van der Waals surface area contributed by atoms with Gasteiger partial charge in [-0.1, -0.05) is 11.6 Å². The molecule has 1 aromatic carbocycles. The SMILES string of the molecule is CC(=O)Cc1oc2ccc(C)cc2c(=O)c1CO. The number of carbonyl (C=O) groups excluding carboxylic acids is 1. The molecule has 1 N–H and O–H groups in total. The number of fused-ring (bicyclic) bond motifs is 1. The standard InChI is InChI=1S/C14H14O4/c1-8-3-4-12-10(5-8)14(17)11(7-15)13(18-12)6-9(2)16/h3-5,15H,6-7H2,1-2H3. The van der Waals surface area contributed by atoms with E-state index in [0.717, 1.165) is 5.56 Å². The molecule has 94 valence electrons. The third kappa shape index (κ3) is 2.19. The molecule has 1 aromatic heterocycles. The lowest BCUT2D eigenvalue weighted by atomic mass is 10.1. The van der Waals surface area contributed by atoms with E-state index < -0.39 is 6.61 Å². The lowest BCUT2D eigenvalue weighted by molar-refractivity contribution is -0.116. The molecule has 2 rings (SSSR count). The summed E-state index contributed by atoms with van der Waals surface area (Å²) in [6.07, 6.45) is 0.0228. The van der Waals surface area contributed by atoms with Gasteiger partial charge < -0.3 is 9.52 Å². The largest absolute Gasteiger partial charge is 0.460 e. The number of ketones is 1. The number of rotatable bonds is 3. The Morgan fingerprint density at radius 2 is 2.11 bits per heavy atom. The topological polar surface area (TPSA) is 67.5 Å². The predicted molar refractivity (Wildman–Crippen MR) is 67.5 cm³/mol. The maximum Gasteiger partial charge on any atom is 0.198 e. The summed E-state index contributed by atoms with van der Waals surface area (Å²) in [5.74, 6) is 0.144. The van der Waals surface area contributed by atoms with Gasteiger partial charge in [0, 0.05) is 0 Å². The molecule has 0 atom stereocenters. The third-order valence-corrected chi connectivity index (χ3v) is 2.79. The molecule has 2 aromatic rings. The molecule has 0 fully saturated rings. The number of Topliss-reactive ketones (excluding diaryl/α,β-unsaturated/α-hetero) is 1. The Balaban J connectivity index is 2.77. The molecule has 0 aliphatic rings. The van der Waals surface area contributed by atoms with E-state index in [9.17, 15) is 14.7 Å². The number of benzene rings is 1. The smallest absolute Gasteiger partial charge is 0.198 e. The van der Waals surface area contributed by atoms with E-state index in [1.165, 1.54) is 6.92 Å². The van der Waals surface area contributed by atoms with Gasteiger partial charge in [0.15, 0.2) is 5.43 Å². The Morgan fingerprint density at radius 1 is 1.39 bits per heavy atom. The van der Waals surface area contributed by atoms with E-state index in [1.54, 1.807) is 12.1 Å². The monoisotopic (exact) mass is 246 g/mol. The number of hydrogen-bond acceptors (Lipinski definition) is 4. The zero-order chi connectivity index (χ0) is 13.3. The average Bonchev–Trinajstić information content (AvgIpc) is 2.30. The average molecular weight is 246 g/mol. The minimum atomic E-state index is -0.422. The highest BCUT2D eigenvalue weighted by Crippen LogP contribution is 2.18. The van der Waals surface area contributed by atoms with Crippen LogP contribution < -0.4 is 5.43 Å². The molecule has 18 heavy (non-hydrogen) atoms. The van der Waals surface area contributed by atoms with Gasteiger partial charge in [-0.15, -0.1) is 0 Å². The third-order valence-electron chi connectivity index (χ3n) is 2.79. The van der Waals surface area contributed by atoms with Gasteiger partial charge in [-0.3, -0.25) is 9.59 Å². The van der Waals surface area contributed by atoms with Gasteiger partial charge in [-0.05, 0) is 26.0 Å². The fourth-order valence-electron chi connectivity index (χ4n) is 1.92. The van der Waals surface area contributed by atoms with Gasteiger partial charge in [-0.25, -0.2) is 0 Å². The van der Waals surface area contributed by atoms with Crippen LogP contribution in [0.3, 0.4) is 0 Å². The highest BCUT2D eigenvalue weighted by molar-refractivity contribution is 5.81. The Kier molecular flexibility index (Phi) is 3.30. The van der Waals surface area contributed by atoms with Crippen molar-refractivity contribution < 1.29 is 14.3 Å². The Bertz CT molecular complexity index is 667. The lowest BCUT2D eigenvalue weighted by Gasteiger charge is -2.07. The van der Waals surface area contributed by atoms with Crippen molar-refractivity contribution in [2.24, 2.45) is 0 Å². The normalized spacial score (nSPS) is 10.8. The van der Waals surface area contributed by atoms with Crippen molar-refractivity contribution in [1.29, 1.82) is 0 Å². The molecule has 0 amide bonds. The van der Waals surface area contributed by atoms with E-state index >= 15 is 0 Å². The van der Waals surface area contributed by atoms with Crippen molar-refractivity contribution in [2.45, 2.75) is 26.9 Å². The summed E-state index contributed by atoms with van der Waals surface area (Å²) in [7, 11) is 0. The number of hydrogen-bond donors (Lipinski definition) is 1. The number of aliphatic hydroxyl groups is 1. The molecule has 0 bridgehead atoms. The van der Waals surface area contributed by atoms with E-state index in [2.05, 4.69) is 0 Å². The van der Waals surface area contributed by atoms with Gasteiger partial charge >= 0.3 is 0 Å². The molecule has 0 unspecified atom stereocenters. The van der Waals surface area contributed by atoms with E-state index in [4.69, 9.17) is 4.42 Å². The molecular weight excluding hydrogens is 232 g/mol. The molecular formula is C14H14O4. The van der Waals surface area contributed by atoms with Gasteiger partial charge in [0.05, 0.1) is 24.0 Å². The van der Waals surface area contributed by atoms with Crippen LogP contribution in [0, 0.1) is 6.92 Å². The van der Waals surface area contributed by atoms with E-state index in [1.807, 2.05) is 13.0 Å². The minimum absolute atomic E-state index is 0.0228. The molecule has 0 saturated heterocycles. The Labute approximate surface area is 104 Å². The number of aryl methyl sites for hydroxylation is 1. The maximum absolute atomic E-state index is 12.2. The van der Waals surface area contributed by atoms with Crippen molar-refractivity contribution in [3.63, 3.8) is 0 Å². The first-order chi connectivity index (χ1) is 8.52. The summed E-state index contributed by atoms with van der Waals surface area (Å²) >= 11 is 0. The second-order valence-electron chi connectivity index (χ2n) is 4.37. The van der Waals surface area contributed by atoms with Crippen LogP contribution in [0.1, 0.15) is 23.8 Å². The predicted octanol–water partition coefficient (Wildman–Crippen LogP) is 1.73. The second kappa shape index (κ2) is 4.74. The first-order valence-electron chi connectivity index (χ1n) is 5.68. The van der Waals surface area contributed by atoms with Crippen molar-refractivity contribution in [3.8, 4) is 0 Å². The summed E-state index contributed by atoms with van der Waals surface area (Å²) < 4.78 is 5.55. The molecule has 0 aliphatic heterocycles. The summed E-state index contributed by atoms with van der Waals surface area (Å²) in [6, 6.07) is 5.26. The van der Waals surface area contributed by atoms with Crippen LogP contribution in [-0.4, -0.2) is 10.9 Å². The number of carbonyl (C=O) groups is 1. The summed E-state index contributed by atoms with van der Waals surface area (Å²) in [5, 5.41) is 9.71. The minimum Gasteiger partial charge on any atom is -0.460 e. The zero-order valence-corrected chi connectivity index (χ0v) is 10.3. The van der Waals surface area contributed by atoms with Gasteiger partial charge in [0.25, 0.3) is 0 Å². The van der Waals surface area contributed by atoms with Crippen LogP contribution in [0.2, 0.25) is 0 Å². The molecule has 1 heterocycles. The van der Waals surface area contributed by atoms with Crippen LogP contribution in [0.25, 0.3) is 11.0 Å². The first-order valence-corrected chi connectivity index (χ1v) is 5.68. The molecule has 0 radical (unpaired) electrons. The zero-order valence-electron chi connectivity index (χ0n) is 10.3. The molecule has 0 spiro atoms. The number of aliphatic hydroxyl groups excluding tert-OH is 1. The van der Waals surface area contributed by atoms with E-state index in [-0.39, 0.29) is 29.0 Å². The van der Waals surface area contributed by atoms with Crippen LogP contribution >= 0.6 is 0 Å². The van der Waals surface area contributed by atoms with Crippen molar-refractivity contribution in [1.82, 2.24) is 0 Å². The van der Waals surface area contributed by atoms with Crippen LogP contribution in [0.15, 0.2) is 27.4 Å². The Morgan fingerprint density at radius 3 is 2.72 bits per heavy atom. The molecule has 0 saturated carbocycles. The lowest BCUT2D eigenvalue weighted by Crippen LogP contribution is -2.14. The maximum atomic E-state index is 12.2. The first kappa shape index (κ1) is 12.5. The van der Waals surface area contributed by atoms with Crippen LogP contribution in [0.4, 0.5) is 0 Å². The highest BCUT2D eigenvalue weighted by atomic mass is 16.3. The van der Waals surface area contributed by atoms with Crippen molar-refractivity contribution >= 4 is 16.8 Å². The fraction of sp³-hybridized carbons (Fsp3) is 0.286. The summed E-state index contributed by atoms with van der Waals surface area (Å²) in [4.78, 5) is 23.3. The van der Waals surface area contributed by atoms with Gasteiger partial charge in [0.2, 0.25) is 0 Å². The second-order valence-corrected chi connectivity index (χ2v) is 4.37. The van der Waals surface area contributed by atoms with Gasteiger partial charge in [-0.2, -0.15) is 0 Å². The van der Waals surface area contributed by atoms with Crippen LogP contribution in [0.5, 0.6) is 0 Å². The van der Waals surface area contributed by atoms with E-state index in [0.29, 0.717) is 11.0 Å². The van der Waals surface area contributed by atoms with Crippen LogP contribution in [-0.2, 0) is 17.8 Å². The van der Waals surface area contributed by atoms with Gasteiger partial charge in [0.1, 0.15) is 17.1 Å². The van der Waals surface area contributed by atoms with Crippen molar-refractivity contribution in [2.75, 3.05) is 0 Å². The summed E-state index contributed by atoms with van der Waals surface area (Å²) in [5.41, 5.74) is 1.29. The summed E-state index contributed by atoms with van der Waals surface area (Å²) in [6.45, 7) is 2.87. The highest BCUT2D eigenvalue weighted by Gasteiger charge is 2.14. The molecule has 0 aliphatic carbocycles. The molecule has 4 heteroatoms. The van der Waals surface area contributed by atoms with Crippen molar-refractivity contribution in [3.05, 3.63) is 45.3 Å². The Hall–Kier alpha value is -1.94. The fourth-order valence-corrected chi connectivity index (χ4v) is 1.92.